The van der Waals surface area contributed by atoms with E-state index in [4.69, 9.17) is 23.1 Å². The van der Waals surface area contributed by atoms with Gasteiger partial charge in [0.1, 0.15) is 12.1 Å². The second-order valence-electron chi connectivity index (χ2n) is 7.58. The van der Waals surface area contributed by atoms with Gasteiger partial charge in [0.05, 0.1) is 11.5 Å². The Morgan fingerprint density at radius 2 is 1.41 bits per heavy atom. The summed E-state index contributed by atoms with van der Waals surface area (Å²) in [7, 11) is -4.25. The lowest BCUT2D eigenvalue weighted by Crippen LogP contribution is -2.66. The van der Waals surface area contributed by atoms with E-state index in [0.717, 1.165) is 26.3 Å². The first-order valence-corrected chi connectivity index (χ1v) is 11.6. The van der Waals surface area contributed by atoms with Crippen molar-refractivity contribution >= 4 is 33.9 Å². The van der Waals surface area contributed by atoms with Crippen LogP contribution in [0.5, 0.6) is 0 Å². The predicted octanol–water partition coefficient (Wildman–Crippen LogP) is 0.356. The molecular formula is C21H27NO11S. The maximum atomic E-state index is 12.6. The van der Waals surface area contributed by atoms with Crippen LogP contribution in [0, 0.1) is 6.92 Å². The van der Waals surface area contributed by atoms with Gasteiger partial charge in [0.25, 0.3) is 10.1 Å². The van der Waals surface area contributed by atoms with Gasteiger partial charge in [-0.3, -0.25) is 23.4 Å². The van der Waals surface area contributed by atoms with E-state index in [1.807, 2.05) is 0 Å². The van der Waals surface area contributed by atoms with E-state index in [9.17, 15) is 27.6 Å². The Bertz CT molecular complexity index is 1020. The molecule has 188 valence electrons. The Kier molecular flexibility index (Phi) is 9.13. The first-order valence-electron chi connectivity index (χ1n) is 10.2. The van der Waals surface area contributed by atoms with Crippen LogP contribution in [0.15, 0.2) is 29.2 Å². The molecule has 1 aliphatic heterocycles. The molecule has 0 unspecified atom stereocenters. The summed E-state index contributed by atoms with van der Waals surface area (Å²) in [5, 5.41) is 2.45. The highest BCUT2D eigenvalue weighted by Gasteiger charge is 2.52. The zero-order valence-corrected chi connectivity index (χ0v) is 20.1. The fourth-order valence-electron chi connectivity index (χ4n) is 3.29. The number of esters is 3. The molecule has 5 atom stereocenters. The van der Waals surface area contributed by atoms with Crippen LogP contribution in [0.2, 0.25) is 0 Å². The van der Waals surface area contributed by atoms with Gasteiger partial charge in [-0.05, 0) is 19.1 Å². The molecule has 0 spiro atoms. The number of rotatable bonds is 8. The Morgan fingerprint density at radius 3 is 1.91 bits per heavy atom. The van der Waals surface area contributed by atoms with E-state index in [1.54, 1.807) is 19.1 Å². The lowest BCUT2D eigenvalue weighted by Gasteiger charge is -2.44. The predicted molar refractivity (Wildman–Crippen MR) is 113 cm³/mol. The molecule has 1 heterocycles. The minimum Gasteiger partial charge on any atom is -0.456 e. The molecule has 2 rings (SSSR count). The second-order valence-corrected chi connectivity index (χ2v) is 9.19. The third-order valence-electron chi connectivity index (χ3n) is 4.60. The average molecular weight is 502 g/mol. The van der Waals surface area contributed by atoms with Crippen LogP contribution < -0.4 is 5.32 Å². The Morgan fingerprint density at radius 1 is 0.882 bits per heavy atom. The number of carbonyl (C=O) groups excluding carboxylic acids is 4. The maximum absolute atomic E-state index is 12.6. The van der Waals surface area contributed by atoms with Gasteiger partial charge < -0.3 is 24.3 Å². The molecule has 1 aromatic rings. The minimum absolute atomic E-state index is 0.123. The first kappa shape index (κ1) is 27.2. The molecule has 0 aromatic heterocycles. The van der Waals surface area contributed by atoms with E-state index in [1.165, 1.54) is 19.1 Å². The summed E-state index contributed by atoms with van der Waals surface area (Å²) in [6.07, 6.45) is -5.66. The fourth-order valence-corrected chi connectivity index (χ4v) is 4.20. The van der Waals surface area contributed by atoms with E-state index < -0.39 is 71.2 Å². The lowest BCUT2D eigenvalue weighted by atomic mass is 9.96. The zero-order chi connectivity index (χ0) is 25.6. The summed E-state index contributed by atoms with van der Waals surface area (Å²) in [4.78, 5) is 46.8. The number of carbonyl (C=O) groups is 4. The summed E-state index contributed by atoms with van der Waals surface area (Å²) in [5.74, 6) is -2.97. The van der Waals surface area contributed by atoms with Gasteiger partial charge in [-0.25, -0.2) is 0 Å². The molecule has 1 fully saturated rings. The molecule has 0 aliphatic carbocycles. The molecule has 13 heteroatoms. The number of aryl methyl sites for hydroxylation is 1. The molecule has 1 amide bonds. The smallest absolute Gasteiger partial charge is 0.305 e. The van der Waals surface area contributed by atoms with Crippen molar-refractivity contribution in [2.24, 2.45) is 0 Å². The van der Waals surface area contributed by atoms with Crippen molar-refractivity contribution in [3.05, 3.63) is 29.8 Å². The van der Waals surface area contributed by atoms with Gasteiger partial charge in [0, 0.05) is 27.7 Å². The van der Waals surface area contributed by atoms with Crippen LogP contribution in [-0.2, 0) is 52.4 Å². The maximum Gasteiger partial charge on any atom is 0.305 e. The largest absolute Gasteiger partial charge is 0.456 e. The van der Waals surface area contributed by atoms with Crippen LogP contribution in [0.1, 0.15) is 33.3 Å². The Hall–Kier alpha value is -3.03. The second kappa shape index (κ2) is 11.4. The molecule has 12 nitrogen and oxygen atoms in total. The average Bonchev–Trinajstić information content (AvgIpc) is 2.70. The molecule has 0 radical (unpaired) electrons. The van der Waals surface area contributed by atoms with Crippen molar-refractivity contribution in [3.8, 4) is 0 Å². The van der Waals surface area contributed by atoms with Crippen molar-refractivity contribution in [1.29, 1.82) is 0 Å². The van der Waals surface area contributed by atoms with Gasteiger partial charge in [0.2, 0.25) is 12.2 Å². The normalized spacial score (nSPS) is 24.6. The molecule has 1 saturated heterocycles. The van der Waals surface area contributed by atoms with Crippen molar-refractivity contribution in [2.75, 3.05) is 6.61 Å². The van der Waals surface area contributed by atoms with Gasteiger partial charge in [-0.15, -0.1) is 0 Å². The quantitative estimate of drug-likeness (QED) is 0.297. The lowest BCUT2D eigenvalue weighted by molar-refractivity contribution is -0.268. The Balaban J connectivity index is 2.40. The molecule has 1 aromatic carbocycles. The summed E-state index contributed by atoms with van der Waals surface area (Å²) in [6.45, 7) is 5.51. The van der Waals surface area contributed by atoms with E-state index >= 15 is 0 Å². The van der Waals surface area contributed by atoms with Crippen LogP contribution in [0.4, 0.5) is 0 Å². The summed E-state index contributed by atoms with van der Waals surface area (Å²) >= 11 is 0. The van der Waals surface area contributed by atoms with Crippen molar-refractivity contribution in [2.45, 2.75) is 70.2 Å². The summed E-state index contributed by atoms with van der Waals surface area (Å²) in [5.41, 5.74) is 0.835. The van der Waals surface area contributed by atoms with Crippen LogP contribution in [0.25, 0.3) is 0 Å². The van der Waals surface area contributed by atoms with Crippen molar-refractivity contribution < 1.29 is 50.7 Å². The molecular weight excluding hydrogens is 474 g/mol. The topological polar surface area (TPSA) is 161 Å². The summed E-state index contributed by atoms with van der Waals surface area (Å²) < 4.78 is 51.7. The number of amides is 1. The van der Waals surface area contributed by atoms with Crippen molar-refractivity contribution in [1.82, 2.24) is 5.32 Å². The number of hydrogen-bond acceptors (Lipinski definition) is 11. The highest BCUT2D eigenvalue weighted by molar-refractivity contribution is 7.86. The molecule has 0 bridgehead atoms. The van der Waals surface area contributed by atoms with Crippen LogP contribution >= 0.6 is 0 Å². The highest BCUT2D eigenvalue weighted by Crippen LogP contribution is 2.28. The molecule has 0 saturated carbocycles. The fraction of sp³-hybridized carbons (Fsp3) is 0.524. The zero-order valence-electron chi connectivity index (χ0n) is 19.3. The monoisotopic (exact) mass is 501 g/mol. The first-order chi connectivity index (χ1) is 15.8. The van der Waals surface area contributed by atoms with Crippen LogP contribution in [-0.4, -0.2) is 69.5 Å². The summed E-state index contributed by atoms with van der Waals surface area (Å²) in [6, 6.07) is 4.61. The van der Waals surface area contributed by atoms with Crippen LogP contribution in [0.3, 0.4) is 0 Å². The SMILES string of the molecule is CC(=O)N[C@@H]1[C@H](OC(C)=O)O[C@@H](COS(=O)(=O)c2ccc(C)cc2)[C@H](OC(C)=O)[C@@H]1OC(C)=O. The number of benzene rings is 1. The highest BCUT2D eigenvalue weighted by atomic mass is 32.2. The van der Waals surface area contributed by atoms with E-state index in [0.29, 0.717) is 0 Å². The number of nitrogens with one attached hydrogen (secondary N) is 1. The third kappa shape index (κ3) is 7.50. The third-order valence-corrected chi connectivity index (χ3v) is 5.90. The van der Waals surface area contributed by atoms with Gasteiger partial charge in [0.15, 0.2) is 12.2 Å². The minimum atomic E-state index is -4.25. The Labute approximate surface area is 196 Å². The molecule has 1 aliphatic rings. The standard InChI is InChI=1S/C21H27NO11S/c1-11-6-8-16(9-7-11)34(27,28)29-10-17-19(30-13(3)24)20(31-14(4)25)18(22-12(2)23)21(33-17)32-15(5)26/h6-9,17-21H,10H2,1-5H3,(H,22,23)/t17-,18-,19-,20+,21+/m0/s1. The van der Waals surface area contributed by atoms with Crippen molar-refractivity contribution in [3.63, 3.8) is 0 Å². The van der Waals surface area contributed by atoms with E-state index in [2.05, 4.69) is 5.32 Å². The van der Waals surface area contributed by atoms with Gasteiger partial charge >= 0.3 is 17.9 Å². The molecule has 1 N–H and O–H groups in total. The molecule has 34 heavy (non-hydrogen) atoms. The number of ether oxygens (including phenoxy) is 4. The van der Waals surface area contributed by atoms with Gasteiger partial charge in [-0.2, -0.15) is 8.42 Å². The number of hydrogen-bond donors (Lipinski definition) is 1. The van der Waals surface area contributed by atoms with Gasteiger partial charge in [-0.1, -0.05) is 17.7 Å². The van der Waals surface area contributed by atoms with E-state index in [-0.39, 0.29) is 4.90 Å².